The van der Waals surface area contributed by atoms with E-state index in [0.29, 0.717) is 11.4 Å². The molecule has 0 saturated heterocycles. The van der Waals surface area contributed by atoms with Crippen LogP contribution in [0.2, 0.25) is 0 Å². The first-order valence-electron chi connectivity index (χ1n) is 7.36. The summed E-state index contributed by atoms with van der Waals surface area (Å²) in [5, 5.41) is 58.3. The molecular weight excluding hydrogens is 306 g/mol. The smallest absolute Gasteiger partial charge is 0.103 e. The van der Waals surface area contributed by atoms with Crippen LogP contribution in [0.1, 0.15) is 24.4 Å². The molecule has 0 aliphatic heterocycles. The highest BCUT2D eigenvalue weighted by Crippen LogP contribution is 2.11. The number of aliphatic hydroxyl groups is 6. The highest BCUT2D eigenvalue weighted by Gasteiger charge is 2.21. The highest BCUT2D eigenvalue weighted by molar-refractivity contribution is 5.07. The largest absolute Gasteiger partial charge is 0.395 e. The summed E-state index contributed by atoms with van der Waals surface area (Å²) in [6, 6.07) is -1.03. The molecule has 0 fully saturated rings. The Hall–Kier alpha value is -1.20. The molecule has 1 heterocycles. The summed E-state index contributed by atoms with van der Waals surface area (Å²) in [6.07, 6.45) is -0.484. The highest BCUT2D eigenvalue weighted by atomic mass is 16.4. The Morgan fingerprint density at radius 2 is 1.57 bits per heavy atom. The van der Waals surface area contributed by atoms with Crippen LogP contribution < -0.4 is 5.32 Å². The third-order valence-electron chi connectivity index (χ3n) is 3.53. The Morgan fingerprint density at radius 1 is 0.913 bits per heavy atom. The third-order valence-corrected chi connectivity index (χ3v) is 3.53. The van der Waals surface area contributed by atoms with Gasteiger partial charge in [0.05, 0.1) is 55.7 Å². The molecular formula is C14H25N3O6. The first-order chi connectivity index (χ1) is 10.9. The molecule has 0 aliphatic carbocycles. The summed E-state index contributed by atoms with van der Waals surface area (Å²) < 4.78 is 0. The van der Waals surface area contributed by atoms with E-state index >= 15 is 0 Å². The minimum Gasteiger partial charge on any atom is -0.395 e. The molecule has 0 spiro atoms. The normalized spacial score (nSPS) is 18.2. The molecule has 23 heavy (non-hydrogen) atoms. The number of aliphatic hydroxyl groups excluding tert-OH is 6. The summed E-state index contributed by atoms with van der Waals surface area (Å²) in [4.78, 5) is 8.31. The molecule has 0 saturated carbocycles. The van der Waals surface area contributed by atoms with Crippen molar-refractivity contribution in [3.05, 3.63) is 23.8 Å². The molecule has 1 aromatic rings. The predicted octanol–water partition coefficient (Wildman–Crippen LogP) is -2.90. The number of hydrogen-bond donors (Lipinski definition) is 7. The van der Waals surface area contributed by atoms with Crippen molar-refractivity contribution >= 4 is 0 Å². The van der Waals surface area contributed by atoms with Crippen LogP contribution in [0.4, 0.5) is 0 Å². The van der Waals surface area contributed by atoms with Crippen molar-refractivity contribution in [1.29, 1.82) is 0 Å². The van der Waals surface area contributed by atoms with Gasteiger partial charge in [-0.1, -0.05) is 0 Å². The average Bonchev–Trinajstić information content (AvgIpc) is 2.58. The van der Waals surface area contributed by atoms with Gasteiger partial charge in [-0.2, -0.15) is 0 Å². The van der Waals surface area contributed by atoms with Crippen molar-refractivity contribution in [2.45, 2.75) is 43.7 Å². The van der Waals surface area contributed by atoms with E-state index in [0.717, 1.165) is 0 Å². The van der Waals surface area contributed by atoms with Gasteiger partial charge in [0, 0.05) is 18.7 Å². The quantitative estimate of drug-likeness (QED) is 0.239. The summed E-state index contributed by atoms with van der Waals surface area (Å²) >= 11 is 0. The maximum atomic E-state index is 9.62. The molecule has 1 aromatic heterocycles. The lowest BCUT2D eigenvalue weighted by molar-refractivity contribution is -0.0137. The van der Waals surface area contributed by atoms with Crippen molar-refractivity contribution in [2.24, 2.45) is 0 Å². The van der Waals surface area contributed by atoms with Gasteiger partial charge in [-0.05, 0) is 6.92 Å². The van der Waals surface area contributed by atoms with Crippen LogP contribution in [-0.4, -0.2) is 84.8 Å². The van der Waals surface area contributed by atoms with Gasteiger partial charge < -0.3 is 36.0 Å². The molecule has 132 valence electrons. The standard InChI is InChI=1S/C14H25N3O6/c1-8(17-11(5-18)13(22)6-19)10-4-15-9(3-16-10)2-12(21)14(23)7-20/h3-4,8,11-14,17-23H,2,5-7H2,1H3/t8-,11+,12+,13+,14-/m1/s1. The minimum absolute atomic E-state index is 0.0549. The number of nitrogens with one attached hydrogen (secondary N) is 1. The van der Waals surface area contributed by atoms with E-state index in [2.05, 4.69) is 15.3 Å². The van der Waals surface area contributed by atoms with Gasteiger partial charge in [-0.25, -0.2) is 0 Å². The number of rotatable bonds is 10. The van der Waals surface area contributed by atoms with Crippen molar-refractivity contribution in [3.63, 3.8) is 0 Å². The van der Waals surface area contributed by atoms with E-state index in [-0.39, 0.29) is 19.1 Å². The van der Waals surface area contributed by atoms with Gasteiger partial charge in [-0.15, -0.1) is 0 Å². The molecule has 0 aromatic carbocycles. The van der Waals surface area contributed by atoms with E-state index < -0.39 is 37.6 Å². The van der Waals surface area contributed by atoms with E-state index in [9.17, 15) is 20.4 Å². The van der Waals surface area contributed by atoms with E-state index in [1.165, 1.54) is 12.4 Å². The van der Waals surface area contributed by atoms with Gasteiger partial charge in [-0.3, -0.25) is 9.97 Å². The van der Waals surface area contributed by atoms with Gasteiger partial charge in [0.15, 0.2) is 0 Å². The molecule has 5 atom stereocenters. The Labute approximate surface area is 134 Å². The second kappa shape index (κ2) is 9.83. The lowest BCUT2D eigenvalue weighted by atomic mass is 10.1. The predicted molar refractivity (Wildman–Crippen MR) is 80.4 cm³/mol. The zero-order valence-corrected chi connectivity index (χ0v) is 12.9. The summed E-state index contributed by atoms with van der Waals surface area (Å²) in [5.74, 6) is 0. The monoisotopic (exact) mass is 331 g/mol. The first-order valence-corrected chi connectivity index (χ1v) is 7.36. The summed E-state index contributed by atoms with van der Waals surface area (Å²) in [7, 11) is 0. The zero-order valence-electron chi connectivity index (χ0n) is 12.9. The molecule has 0 amide bonds. The fourth-order valence-corrected chi connectivity index (χ4v) is 1.98. The van der Waals surface area contributed by atoms with Crippen LogP contribution >= 0.6 is 0 Å². The Kier molecular flexibility index (Phi) is 8.48. The number of nitrogens with zero attached hydrogens (tertiary/aromatic N) is 2. The second-order valence-corrected chi connectivity index (χ2v) is 5.38. The second-order valence-electron chi connectivity index (χ2n) is 5.38. The van der Waals surface area contributed by atoms with Gasteiger partial charge in [0.1, 0.15) is 6.10 Å². The molecule has 0 radical (unpaired) electrons. The van der Waals surface area contributed by atoms with Crippen molar-refractivity contribution in [2.75, 3.05) is 19.8 Å². The van der Waals surface area contributed by atoms with E-state index in [4.69, 9.17) is 10.2 Å². The first kappa shape index (κ1) is 19.8. The SMILES string of the molecule is C[C@@H](N[C@@H](CO)[C@@H](O)CO)c1cnc(C[C@H](O)[C@H](O)CO)cn1. The summed E-state index contributed by atoms with van der Waals surface area (Å²) in [5.41, 5.74) is 1.00. The lowest BCUT2D eigenvalue weighted by Crippen LogP contribution is -2.45. The molecule has 0 unspecified atom stereocenters. The topological polar surface area (TPSA) is 159 Å². The third kappa shape index (κ3) is 6.07. The van der Waals surface area contributed by atoms with Crippen LogP contribution in [0.3, 0.4) is 0 Å². The summed E-state index contributed by atoms with van der Waals surface area (Å²) in [6.45, 7) is 0.410. The average molecular weight is 331 g/mol. The van der Waals surface area contributed by atoms with Gasteiger partial charge in [0.25, 0.3) is 0 Å². The Balaban J connectivity index is 2.64. The van der Waals surface area contributed by atoms with Crippen molar-refractivity contribution in [3.8, 4) is 0 Å². The lowest BCUT2D eigenvalue weighted by Gasteiger charge is -2.24. The van der Waals surface area contributed by atoms with Crippen LogP contribution in [-0.2, 0) is 6.42 Å². The fraction of sp³-hybridized carbons (Fsp3) is 0.714. The van der Waals surface area contributed by atoms with E-state index in [1.807, 2.05) is 0 Å². The number of aromatic nitrogens is 2. The number of hydrogen-bond acceptors (Lipinski definition) is 9. The molecule has 1 rings (SSSR count). The van der Waals surface area contributed by atoms with Gasteiger partial charge in [0.2, 0.25) is 0 Å². The van der Waals surface area contributed by atoms with Crippen LogP contribution in [0.5, 0.6) is 0 Å². The molecule has 0 bridgehead atoms. The zero-order chi connectivity index (χ0) is 17.4. The van der Waals surface area contributed by atoms with Crippen LogP contribution in [0, 0.1) is 0 Å². The maximum absolute atomic E-state index is 9.62. The molecule has 9 nitrogen and oxygen atoms in total. The van der Waals surface area contributed by atoms with Crippen LogP contribution in [0.25, 0.3) is 0 Å². The van der Waals surface area contributed by atoms with Crippen molar-refractivity contribution in [1.82, 2.24) is 15.3 Å². The minimum atomic E-state index is -1.23. The Morgan fingerprint density at radius 3 is 2.04 bits per heavy atom. The maximum Gasteiger partial charge on any atom is 0.103 e. The van der Waals surface area contributed by atoms with E-state index in [1.54, 1.807) is 6.92 Å². The van der Waals surface area contributed by atoms with Crippen molar-refractivity contribution < 1.29 is 30.6 Å². The fourth-order valence-electron chi connectivity index (χ4n) is 1.98. The molecule has 0 aliphatic rings. The Bertz CT molecular complexity index is 447. The molecule has 9 heteroatoms. The molecule has 7 N–H and O–H groups in total. The van der Waals surface area contributed by atoms with Gasteiger partial charge >= 0.3 is 0 Å². The van der Waals surface area contributed by atoms with Crippen LogP contribution in [0.15, 0.2) is 12.4 Å².